The van der Waals surface area contributed by atoms with Crippen LogP contribution < -0.4 is 0 Å². The second-order valence-electron chi connectivity index (χ2n) is 4.41. The summed E-state index contributed by atoms with van der Waals surface area (Å²) in [6.07, 6.45) is 5.71. The van der Waals surface area contributed by atoms with Gasteiger partial charge in [0, 0.05) is 10.5 Å². The van der Waals surface area contributed by atoms with E-state index in [1.807, 2.05) is 0 Å². The van der Waals surface area contributed by atoms with Gasteiger partial charge in [-0.3, -0.25) is 0 Å². The first-order valence-electron chi connectivity index (χ1n) is 5.64. The molecule has 0 aromatic rings. The van der Waals surface area contributed by atoms with Crippen LogP contribution in [0.2, 0.25) is 0 Å². The van der Waals surface area contributed by atoms with E-state index in [-0.39, 0.29) is 0 Å². The zero-order chi connectivity index (χ0) is 11.8. The highest BCUT2D eigenvalue weighted by molar-refractivity contribution is 7.82. The number of thiol groups is 4. The van der Waals surface area contributed by atoms with Gasteiger partial charge in [0.05, 0.1) is 0 Å². The first-order chi connectivity index (χ1) is 6.91. The Hall–Kier alpha value is 1.40. The van der Waals surface area contributed by atoms with Gasteiger partial charge in [-0.15, -0.1) is 0 Å². The molecule has 0 aromatic heterocycles. The molecule has 92 valence electrons. The normalized spacial score (nSPS) is 19.6. The third-order valence-electron chi connectivity index (χ3n) is 2.32. The van der Waals surface area contributed by atoms with Crippen LogP contribution in [-0.2, 0) is 0 Å². The van der Waals surface area contributed by atoms with Crippen LogP contribution in [0.3, 0.4) is 0 Å². The molecule has 0 heterocycles. The summed E-state index contributed by atoms with van der Waals surface area (Å²) < 4.78 is 0. The van der Waals surface area contributed by atoms with E-state index in [1.165, 1.54) is 19.3 Å². The van der Waals surface area contributed by atoms with Crippen molar-refractivity contribution in [3.05, 3.63) is 0 Å². The lowest BCUT2D eigenvalue weighted by Gasteiger charge is -2.17. The smallest absolute Gasteiger partial charge is 0.00375 e. The topological polar surface area (TPSA) is 0 Å². The van der Waals surface area contributed by atoms with Gasteiger partial charge < -0.3 is 0 Å². The van der Waals surface area contributed by atoms with Gasteiger partial charge in [0.1, 0.15) is 0 Å². The van der Waals surface area contributed by atoms with Crippen LogP contribution >= 0.6 is 50.5 Å². The minimum absolute atomic E-state index is 0.436. The zero-order valence-corrected chi connectivity index (χ0v) is 13.2. The van der Waals surface area contributed by atoms with Gasteiger partial charge in [0.25, 0.3) is 0 Å². The van der Waals surface area contributed by atoms with Crippen molar-refractivity contribution in [2.45, 2.75) is 67.0 Å². The molecule has 0 aliphatic heterocycles. The molecule has 0 bridgehead atoms. The van der Waals surface area contributed by atoms with Crippen LogP contribution in [0.5, 0.6) is 0 Å². The van der Waals surface area contributed by atoms with Gasteiger partial charge in [0.15, 0.2) is 0 Å². The Bertz CT molecular complexity index is 148. The van der Waals surface area contributed by atoms with Crippen LogP contribution in [0.4, 0.5) is 0 Å². The summed E-state index contributed by atoms with van der Waals surface area (Å²) in [7, 11) is 0. The van der Waals surface area contributed by atoms with E-state index in [4.69, 9.17) is 0 Å². The molecule has 0 nitrogen and oxygen atoms in total. The summed E-state index contributed by atoms with van der Waals surface area (Å²) in [5, 5.41) is 1.86. The largest absolute Gasteiger partial charge is 0.176 e. The van der Waals surface area contributed by atoms with Crippen molar-refractivity contribution in [2.24, 2.45) is 0 Å². The third kappa shape index (κ3) is 11.7. The molecule has 0 saturated heterocycles. The van der Waals surface area contributed by atoms with Crippen molar-refractivity contribution in [2.75, 3.05) is 0 Å². The predicted octanol–water partition coefficient (Wildman–Crippen LogP) is 4.17. The van der Waals surface area contributed by atoms with E-state index in [2.05, 4.69) is 64.4 Å². The maximum Gasteiger partial charge on any atom is 0.00375 e. The average Bonchev–Trinajstić information content (AvgIpc) is 2.00. The molecule has 0 N–H and O–H groups in total. The molecular formula is C11H24S4. The van der Waals surface area contributed by atoms with E-state index in [0.717, 1.165) is 12.8 Å². The van der Waals surface area contributed by atoms with Crippen LogP contribution in [0.25, 0.3) is 0 Å². The summed E-state index contributed by atoms with van der Waals surface area (Å²) in [5.74, 6) is 0. The highest BCUT2D eigenvalue weighted by atomic mass is 32.1. The molecule has 4 unspecified atom stereocenters. The molecule has 0 rings (SSSR count). The lowest BCUT2D eigenvalue weighted by Crippen LogP contribution is -2.12. The monoisotopic (exact) mass is 284 g/mol. The minimum Gasteiger partial charge on any atom is -0.176 e. The molecule has 0 fully saturated rings. The Kier molecular flexibility index (Phi) is 10.3. The average molecular weight is 285 g/mol. The van der Waals surface area contributed by atoms with Crippen LogP contribution in [0.1, 0.15) is 46.0 Å². The molecule has 0 aliphatic carbocycles. The lowest BCUT2D eigenvalue weighted by molar-refractivity contribution is 0.603. The van der Waals surface area contributed by atoms with E-state index < -0.39 is 0 Å². The first kappa shape index (κ1) is 16.4. The van der Waals surface area contributed by atoms with Crippen molar-refractivity contribution in [3.63, 3.8) is 0 Å². The molecule has 15 heavy (non-hydrogen) atoms. The van der Waals surface area contributed by atoms with E-state index in [1.54, 1.807) is 0 Å². The van der Waals surface area contributed by atoms with Crippen molar-refractivity contribution in [1.82, 2.24) is 0 Å². The fourth-order valence-corrected chi connectivity index (χ4v) is 3.35. The number of hydrogen-bond acceptors (Lipinski definition) is 4. The van der Waals surface area contributed by atoms with Crippen LogP contribution in [0, 0.1) is 0 Å². The summed E-state index contributed by atoms with van der Waals surface area (Å²) in [4.78, 5) is 0. The standard InChI is InChI=1S/C11H24S4/c1-8(12)4-3-5-10(14)7-11(15)6-9(2)13/h8-15H,3-7H2,1-2H3. The van der Waals surface area contributed by atoms with Crippen molar-refractivity contribution < 1.29 is 0 Å². The maximum atomic E-state index is 4.60. The Morgan fingerprint density at radius 2 is 1.33 bits per heavy atom. The SMILES string of the molecule is CC(S)CCCC(S)CC(S)CC(C)S. The fourth-order valence-electron chi connectivity index (χ4n) is 1.57. The van der Waals surface area contributed by atoms with Crippen LogP contribution in [0.15, 0.2) is 0 Å². The van der Waals surface area contributed by atoms with Crippen LogP contribution in [-0.4, -0.2) is 21.0 Å². The Labute approximate surface area is 117 Å². The Morgan fingerprint density at radius 3 is 1.80 bits per heavy atom. The summed E-state index contributed by atoms with van der Waals surface area (Å²) >= 11 is 17.9. The van der Waals surface area contributed by atoms with E-state index in [0.29, 0.717) is 21.0 Å². The van der Waals surface area contributed by atoms with Crippen molar-refractivity contribution in [3.8, 4) is 0 Å². The highest BCUT2D eigenvalue weighted by Gasteiger charge is 2.12. The van der Waals surface area contributed by atoms with Crippen molar-refractivity contribution in [1.29, 1.82) is 0 Å². The summed E-state index contributed by atoms with van der Waals surface area (Å²) in [6, 6.07) is 0. The van der Waals surface area contributed by atoms with E-state index >= 15 is 0 Å². The molecule has 0 spiro atoms. The molecular weight excluding hydrogens is 260 g/mol. The molecule has 0 amide bonds. The van der Waals surface area contributed by atoms with Gasteiger partial charge in [-0.05, 0) is 36.2 Å². The lowest BCUT2D eigenvalue weighted by atomic mass is 10.1. The highest BCUT2D eigenvalue weighted by Crippen LogP contribution is 2.21. The van der Waals surface area contributed by atoms with Gasteiger partial charge in [0.2, 0.25) is 0 Å². The quantitative estimate of drug-likeness (QED) is 0.473. The minimum atomic E-state index is 0.436. The zero-order valence-electron chi connectivity index (χ0n) is 9.63. The van der Waals surface area contributed by atoms with Crippen molar-refractivity contribution >= 4 is 50.5 Å². The molecule has 0 aliphatic rings. The molecule has 0 aromatic carbocycles. The maximum absolute atomic E-state index is 4.60. The van der Waals surface area contributed by atoms with Gasteiger partial charge in [-0.2, -0.15) is 50.5 Å². The fraction of sp³-hybridized carbons (Fsp3) is 1.00. The van der Waals surface area contributed by atoms with Gasteiger partial charge in [-0.25, -0.2) is 0 Å². The first-order valence-corrected chi connectivity index (χ1v) is 7.70. The molecule has 0 saturated carbocycles. The molecule has 4 heteroatoms. The number of hydrogen-bond donors (Lipinski definition) is 4. The van der Waals surface area contributed by atoms with Gasteiger partial charge in [-0.1, -0.05) is 20.3 Å². The predicted molar refractivity (Wildman–Crippen MR) is 85.5 cm³/mol. The summed E-state index contributed by atoms with van der Waals surface area (Å²) in [6.45, 7) is 4.25. The second-order valence-corrected chi connectivity index (χ2v) is 7.63. The van der Waals surface area contributed by atoms with E-state index in [9.17, 15) is 0 Å². The Balaban J connectivity index is 3.50. The second kappa shape index (κ2) is 9.43. The summed E-state index contributed by atoms with van der Waals surface area (Å²) in [5.41, 5.74) is 0. The van der Waals surface area contributed by atoms with Gasteiger partial charge >= 0.3 is 0 Å². The third-order valence-corrected chi connectivity index (χ3v) is 3.68. The molecule has 0 radical (unpaired) electrons. The Morgan fingerprint density at radius 1 is 0.733 bits per heavy atom. The molecule has 4 atom stereocenters. The number of rotatable bonds is 8.